The van der Waals surface area contributed by atoms with Gasteiger partial charge in [-0.25, -0.2) is 0 Å². The third-order valence-electron chi connectivity index (χ3n) is 2.42. The molecule has 0 spiro atoms. The van der Waals surface area contributed by atoms with Gasteiger partial charge in [0.1, 0.15) is 6.61 Å². The summed E-state index contributed by atoms with van der Waals surface area (Å²) in [5, 5.41) is 16.1. The summed E-state index contributed by atoms with van der Waals surface area (Å²) in [6, 6.07) is 0. The molecule has 0 aromatic heterocycles. The number of hydrogen-bond acceptors (Lipinski definition) is 5. The van der Waals surface area contributed by atoms with Gasteiger partial charge in [-0.1, -0.05) is 13.3 Å². The van der Waals surface area contributed by atoms with Crippen molar-refractivity contribution < 1.29 is 67.4 Å². The lowest BCUT2D eigenvalue weighted by Crippen LogP contribution is -2.60. The first kappa shape index (κ1) is 27.4. The van der Waals surface area contributed by atoms with E-state index in [0.29, 0.717) is 12.8 Å². The predicted molar refractivity (Wildman–Crippen MR) is 66.4 cm³/mol. The van der Waals surface area contributed by atoms with Gasteiger partial charge >= 0.3 is 33.4 Å². The highest BCUT2D eigenvalue weighted by Gasteiger charge is 2.74. The number of rotatable bonds is 8. The number of ether oxygens (including phenoxy) is 1. The smallest absolute Gasteiger partial charge is 0.375 e. The summed E-state index contributed by atoms with van der Waals surface area (Å²) in [6.45, 7) is -0.524. The maximum Gasteiger partial charge on any atom is 0.522 e. The van der Waals surface area contributed by atoms with Crippen LogP contribution in [0.5, 0.6) is 0 Å². The van der Waals surface area contributed by atoms with Crippen LogP contribution >= 0.6 is 0 Å². The van der Waals surface area contributed by atoms with Crippen molar-refractivity contribution in [3.8, 4) is 0 Å². The van der Waals surface area contributed by atoms with E-state index >= 15 is 0 Å². The average molecular weight is 434 g/mol. The van der Waals surface area contributed by atoms with Crippen molar-refractivity contribution in [2.45, 2.75) is 49.3 Å². The van der Waals surface area contributed by atoms with E-state index in [0.717, 1.165) is 0 Å². The lowest BCUT2D eigenvalue weighted by Gasteiger charge is -2.33. The molecule has 0 aliphatic carbocycles. The van der Waals surface area contributed by atoms with Crippen LogP contribution in [0.4, 0.5) is 39.5 Å². The number of hydrogen-bond donors (Lipinski definition) is 3. The van der Waals surface area contributed by atoms with E-state index in [2.05, 4.69) is 4.74 Å². The molecule has 6 nitrogen and oxygen atoms in total. The molecule has 0 bridgehead atoms. The molecule has 0 rings (SSSR count). The second kappa shape index (κ2) is 9.38. The molecule has 0 radical (unpaired) electrons. The minimum atomic E-state index is -5.93. The molecule has 0 atom stereocenters. The second-order valence-corrected chi connectivity index (χ2v) is 6.02. The molecule has 0 aliphatic rings. The maximum atomic E-state index is 12.9. The van der Waals surface area contributed by atoms with Crippen molar-refractivity contribution in [3.05, 3.63) is 0 Å². The largest absolute Gasteiger partial charge is 0.522 e. The number of aliphatic hydroxyl groups excluding tert-OH is 1. The Morgan fingerprint density at radius 2 is 1.35 bits per heavy atom. The van der Waals surface area contributed by atoms with E-state index in [9.17, 15) is 39.5 Å². The Balaban J connectivity index is 0. The zero-order valence-corrected chi connectivity index (χ0v) is 13.6. The lowest BCUT2D eigenvalue weighted by atomic mass is 10.0. The molecule has 0 amide bonds. The van der Waals surface area contributed by atoms with Crippen molar-refractivity contribution >= 4 is 10.1 Å². The van der Waals surface area contributed by atoms with Crippen LogP contribution in [0.25, 0.3) is 0 Å². The Labute approximate surface area is 141 Å². The zero-order chi connectivity index (χ0) is 21.6. The number of aliphatic hydroxyl groups is 2. The fraction of sp³-hybridized carbons (Fsp3) is 1.00. The SMILES string of the molecule is CCCCOCC(F)(F)C(F)(F)C(F)(F)C(O)O.O=S(=O)(O)C(F)(F)F. The monoisotopic (exact) mass is 434 g/mol. The first-order valence-electron chi connectivity index (χ1n) is 6.36. The first-order valence-corrected chi connectivity index (χ1v) is 7.80. The molecule has 0 saturated heterocycles. The van der Waals surface area contributed by atoms with E-state index in [4.69, 9.17) is 23.2 Å². The standard InChI is InChI=1S/C9H14F6O3.CHF3O3S/c1-2-3-4-18-5-7(10,11)9(14,15)8(12,13)6(16)17;2-1(3,4)8(5,6)7/h6,16-17H,2-5H2,1H3;(H,5,6,7). The highest BCUT2D eigenvalue weighted by Crippen LogP contribution is 2.47. The van der Waals surface area contributed by atoms with E-state index in [-0.39, 0.29) is 6.61 Å². The van der Waals surface area contributed by atoms with Gasteiger partial charge < -0.3 is 14.9 Å². The summed E-state index contributed by atoms with van der Waals surface area (Å²) in [5.41, 5.74) is -5.53. The van der Waals surface area contributed by atoms with Crippen LogP contribution in [-0.2, 0) is 14.9 Å². The number of alkyl halides is 9. The number of unbranched alkanes of at least 4 members (excludes halogenated alkanes) is 1. The summed E-state index contributed by atoms with van der Waals surface area (Å²) in [7, 11) is -5.84. The fourth-order valence-electron chi connectivity index (χ4n) is 0.943. The Bertz CT molecular complexity index is 518. The van der Waals surface area contributed by atoms with E-state index in [1.165, 1.54) is 0 Å². The molecule has 16 heteroatoms. The molecule has 0 heterocycles. The van der Waals surface area contributed by atoms with Gasteiger partial charge in [0.25, 0.3) is 0 Å². The number of halogens is 9. The van der Waals surface area contributed by atoms with Crippen molar-refractivity contribution in [2.75, 3.05) is 13.2 Å². The molecule has 160 valence electrons. The van der Waals surface area contributed by atoms with Gasteiger partial charge in [-0.15, -0.1) is 0 Å². The molecule has 0 aliphatic heterocycles. The second-order valence-electron chi connectivity index (χ2n) is 4.60. The Morgan fingerprint density at radius 3 is 1.62 bits per heavy atom. The van der Waals surface area contributed by atoms with Gasteiger partial charge in [0.05, 0.1) is 0 Å². The predicted octanol–water partition coefficient (Wildman–Crippen LogP) is 2.41. The van der Waals surface area contributed by atoms with Crippen molar-refractivity contribution in [2.24, 2.45) is 0 Å². The lowest BCUT2D eigenvalue weighted by molar-refractivity contribution is -0.366. The summed E-state index contributed by atoms with van der Waals surface area (Å²) in [5.74, 6) is -16.8. The van der Waals surface area contributed by atoms with Crippen molar-refractivity contribution in [3.63, 3.8) is 0 Å². The van der Waals surface area contributed by atoms with Crippen LogP contribution in [0.15, 0.2) is 0 Å². The molecular formula is C10H15F9O6S. The van der Waals surface area contributed by atoms with Gasteiger partial charge in [-0.05, 0) is 6.42 Å². The summed E-state index contributed by atoms with van der Waals surface area (Å²) >= 11 is 0. The van der Waals surface area contributed by atoms with Crippen LogP contribution in [0.1, 0.15) is 19.8 Å². The summed E-state index contributed by atoms with van der Waals surface area (Å²) in [6.07, 6.45) is -3.04. The fourth-order valence-corrected chi connectivity index (χ4v) is 0.943. The molecule has 0 unspecified atom stereocenters. The van der Waals surface area contributed by atoms with E-state index in [1.54, 1.807) is 6.92 Å². The highest BCUT2D eigenvalue weighted by atomic mass is 32.2. The molecule has 0 aromatic rings. The zero-order valence-electron chi connectivity index (χ0n) is 12.8. The van der Waals surface area contributed by atoms with Gasteiger partial charge in [-0.3, -0.25) is 4.55 Å². The molecule has 0 fully saturated rings. The van der Waals surface area contributed by atoms with Crippen LogP contribution < -0.4 is 0 Å². The topological polar surface area (TPSA) is 104 Å². The third-order valence-corrected chi connectivity index (χ3v) is 3.01. The minimum absolute atomic E-state index is 0.282. The highest BCUT2D eigenvalue weighted by molar-refractivity contribution is 7.86. The third kappa shape index (κ3) is 7.42. The van der Waals surface area contributed by atoms with Crippen LogP contribution in [0.2, 0.25) is 0 Å². The Kier molecular flexibility index (Phi) is 9.88. The Morgan fingerprint density at radius 1 is 0.962 bits per heavy atom. The van der Waals surface area contributed by atoms with Crippen LogP contribution in [0, 0.1) is 0 Å². The molecule has 0 saturated carbocycles. The maximum absolute atomic E-state index is 12.9. The molecule has 26 heavy (non-hydrogen) atoms. The van der Waals surface area contributed by atoms with Gasteiger partial charge in [-0.2, -0.15) is 47.9 Å². The summed E-state index contributed by atoms with van der Waals surface area (Å²) < 4.78 is 138. The summed E-state index contributed by atoms with van der Waals surface area (Å²) in [4.78, 5) is 0. The van der Waals surface area contributed by atoms with Gasteiger partial charge in [0.15, 0.2) is 0 Å². The van der Waals surface area contributed by atoms with E-state index in [1.807, 2.05) is 0 Å². The van der Waals surface area contributed by atoms with Crippen molar-refractivity contribution in [1.82, 2.24) is 0 Å². The Hall–Kier alpha value is -0.840. The van der Waals surface area contributed by atoms with Crippen LogP contribution in [-0.4, -0.2) is 66.0 Å². The van der Waals surface area contributed by atoms with Crippen LogP contribution in [0.3, 0.4) is 0 Å². The van der Waals surface area contributed by atoms with Gasteiger partial charge in [0.2, 0.25) is 6.29 Å². The quantitative estimate of drug-likeness (QED) is 0.178. The first-order chi connectivity index (χ1) is 11.3. The van der Waals surface area contributed by atoms with Gasteiger partial charge in [0, 0.05) is 6.61 Å². The normalized spacial score (nSPS) is 14.2. The van der Waals surface area contributed by atoms with Crippen molar-refractivity contribution in [1.29, 1.82) is 0 Å². The molecular weight excluding hydrogens is 419 g/mol. The molecule has 0 aromatic carbocycles. The minimum Gasteiger partial charge on any atom is -0.375 e. The van der Waals surface area contributed by atoms with E-state index < -0.39 is 46.3 Å². The molecule has 3 N–H and O–H groups in total. The average Bonchev–Trinajstić information content (AvgIpc) is 2.41.